The molecule has 0 spiro atoms. The monoisotopic (exact) mass is 668 g/mol. The van der Waals surface area contributed by atoms with Crippen LogP contribution < -0.4 is 10.6 Å². The van der Waals surface area contributed by atoms with Gasteiger partial charge in [0.15, 0.2) is 0 Å². The summed E-state index contributed by atoms with van der Waals surface area (Å²) in [5.41, 5.74) is 9.52. The molecule has 0 radical (unpaired) electrons. The SMILES string of the molecule is CCOCCN(CC(C)(CO)CO)c1c(C)c(N)nc2cc(CCCN3CCN(C(=O)CCOCCN4C(=O)C=CC4=O)CC3)ccc12. The minimum Gasteiger partial charge on any atom is -0.396 e. The van der Waals surface area contributed by atoms with Crippen LogP contribution in [-0.4, -0.2) is 140 Å². The van der Waals surface area contributed by atoms with Crippen molar-refractivity contribution in [2.45, 2.75) is 40.0 Å². The first-order valence-electron chi connectivity index (χ1n) is 16.9. The van der Waals surface area contributed by atoms with Crippen LogP contribution >= 0.6 is 0 Å². The summed E-state index contributed by atoms with van der Waals surface area (Å²) < 4.78 is 11.2. The minimum atomic E-state index is -0.700. The standard InChI is InChI=1S/C35H52N6O7/c1-4-47-20-17-40(23-35(3,24-42)25-43)33-26(2)34(36)37-29-22-27(7-8-28(29)33)6-5-12-38-13-15-39(16-14-38)30(44)11-19-48-21-18-41-31(45)9-10-32(41)46/h7-10,22,42-43H,4-6,11-21,23-25H2,1-3H3,(H2,36,37). The number of fused-ring (bicyclic) bond motifs is 1. The molecule has 2 aromatic rings. The highest BCUT2D eigenvalue weighted by atomic mass is 16.5. The molecule has 48 heavy (non-hydrogen) atoms. The van der Waals surface area contributed by atoms with Crippen LogP contribution in [0.1, 0.15) is 37.8 Å². The number of piperazine rings is 1. The van der Waals surface area contributed by atoms with E-state index in [0.717, 1.165) is 59.5 Å². The van der Waals surface area contributed by atoms with E-state index in [4.69, 9.17) is 20.2 Å². The number of nitrogens with zero attached hydrogens (tertiary/aromatic N) is 5. The van der Waals surface area contributed by atoms with Gasteiger partial charge in [0.05, 0.1) is 57.2 Å². The van der Waals surface area contributed by atoms with Crippen molar-refractivity contribution >= 4 is 40.1 Å². The summed E-state index contributed by atoms with van der Waals surface area (Å²) in [6, 6.07) is 6.33. The Balaban J connectivity index is 1.26. The third-order valence-electron chi connectivity index (χ3n) is 9.14. The van der Waals surface area contributed by atoms with Gasteiger partial charge in [-0.25, -0.2) is 4.98 Å². The van der Waals surface area contributed by atoms with Gasteiger partial charge in [-0.05, 0) is 44.9 Å². The van der Waals surface area contributed by atoms with Gasteiger partial charge in [0.2, 0.25) is 5.91 Å². The van der Waals surface area contributed by atoms with Crippen LogP contribution in [0.15, 0.2) is 30.4 Å². The fraction of sp³-hybridized carbons (Fsp3) is 0.600. The van der Waals surface area contributed by atoms with E-state index in [0.29, 0.717) is 45.2 Å². The molecule has 13 nitrogen and oxygen atoms in total. The molecule has 13 heteroatoms. The van der Waals surface area contributed by atoms with E-state index in [1.807, 2.05) is 25.7 Å². The molecule has 264 valence electrons. The Kier molecular flexibility index (Phi) is 13.7. The molecule has 1 saturated heterocycles. The predicted molar refractivity (Wildman–Crippen MR) is 185 cm³/mol. The van der Waals surface area contributed by atoms with Crippen LogP contribution in [0, 0.1) is 12.3 Å². The molecular formula is C35H52N6O7. The summed E-state index contributed by atoms with van der Waals surface area (Å²) in [6.07, 6.45) is 4.61. The fourth-order valence-electron chi connectivity index (χ4n) is 6.12. The Morgan fingerprint density at radius 3 is 2.40 bits per heavy atom. The molecule has 0 bridgehead atoms. The van der Waals surface area contributed by atoms with Crippen LogP contribution in [0.5, 0.6) is 0 Å². The van der Waals surface area contributed by atoms with Crippen LogP contribution in [0.2, 0.25) is 0 Å². The number of aromatic nitrogens is 1. The third kappa shape index (κ3) is 9.73. The smallest absolute Gasteiger partial charge is 0.253 e. The summed E-state index contributed by atoms with van der Waals surface area (Å²) in [7, 11) is 0. The van der Waals surface area contributed by atoms with E-state index < -0.39 is 5.41 Å². The molecule has 0 atom stereocenters. The Labute approximate surface area is 283 Å². The maximum Gasteiger partial charge on any atom is 0.253 e. The zero-order chi connectivity index (χ0) is 34.7. The van der Waals surface area contributed by atoms with E-state index in [2.05, 4.69) is 28.0 Å². The number of pyridine rings is 1. The number of aliphatic hydroxyl groups is 2. The first-order chi connectivity index (χ1) is 23.1. The molecular weight excluding hydrogens is 616 g/mol. The molecule has 1 fully saturated rings. The Hall–Kier alpha value is -3.62. The Morgan fingerprint density at radius 1 is 1.02 bits per heavy atom. The van der Waals surface area contributed by atoms with Crippen molar-refractivity contribution in [1.29, 1.82) is 0 Å². The van der Waals surface area contributed by atoms with Crippen molar-refractivity contribution in [2.75, 3.05) is 103 Å². The number of anilines is 2. The lowest BCUT2D eigenvalue weighted by Gasteiger charge is -2.36. The predicted octanol–water partition coefficient (Wildman–Crippen LogP) is 1.37. The molecule has 0 saturated carbocycles. The van der Waals surface area contributed by atoms with Crippen molar-refractivity contribution in [3.8, 4) is 0 Å². The first-order valence-corrected chi connectivity index (χ1v) is 16.9. The molecule has 0 aliphatic carbocycles. The van der Waals surface area contributed by atoms with Crippen LogP contribution in [0.25, 0.3) is 10.9 Å². The number of rotatable bonds is 19. The van der Waals surface area contributed by atoms with Gasteiger partial charge >= 0.3 is 0 Å². The second kappa shape index (κ2) is 17.7. The number of carbonyl (C=O) groups excluding carboxylic acids is 3. The van der Waals surface area contributed by atoms with Crippen molar-refractivity contribution in [2.24, 2.45) is 5.41 Å². The Bertz CT molecular complexity index is 1420. The number of ether oxygens (including phenoxy) is 2. The van der Waals surface area contributed by atoms with Crippen LogP contribution in [0.3, 0.4) is 0 Å². The average molecular weight is 669 g/mol. The van der Waals surface area contributed by atoms with Gasteiger partial charge in [-0.2, -0.15) is 0 Å². The van der Waals surface area contributed by atoms with Crippen LogP contribution in [-0.2, 0) is 30.3 Å². The van der Waals surface area contributed by atoms with Gasteiger partial charge in [0.1, 0.15) is 5.82 Å². The largest absolute Gasteiger partial charge is 0.396 e. The maximum absolute atomic E-state index is 12.7. The van der Waals surface area contributed by atoms with E-state index in [1.54, 1.807) is 0 Å². The molecule has 4 rings (SSSR count). The van der Waals surface area contributed by atoms with Crippen molar-refractivity contribution in [1.82, 2.24) is 19.7 Å². The van der Waals surface area contributed by atoms with Crippen molar-refractivity contribution < 1.29 is 34.1 Å². The summed E-state index contributed by atoms with van der Waals surface area (Å²) in [4.78, 5) is 48.1. The maximum atomic E-state index is 12.7. The number of hydrogen-bond acceptors (Lipinski definition) is 11. The molecule has 2 aliphatic rings. The summed E-state index contributed by atoms with van der Waals surface area (Å²) in [6.45, 7) is 12.2. The molecule has 3 amide bonds. The number of hydrogen-bond donors (Lipinski definition) is 3. The lowest BCUT2D eigenvalue weighted by Crippen LogP contribution is -2.49. The quantitative estimate of drug-likeness (QED) is 0.146. The first kappa shape index (κ1) is 37.2. The zero-order valence-corrected chi connectivity index (χ0v) is 28.7. The lowest BCUT2D eigenvalue weighted by atomic mass is 9.91. The molecule has 0 unspecified atom stereocenters. The van der Waals surface area contributed by atoms with Crippen molar-refractivity contribution in [3.63, 3.8) is 0 Å². The van der Waals surface area contributed by atoms with E-state index in [-0.39, 0.29) is 57.1 Å². The third-order valence-corrected chi connectivity index (χ3v) is 9.14. The molecule has 2 aliphatic heterocycles. The topological polar surface area (TPSA) is 162 Å². The highest BCUT2D eigenvalue weighted by Crippen LogP contribution is 2.35. The second-order valence-electron chi connectivity index (χ2n) is 12.9. The van der Waals surface area contributed by atoms with Gasteiger partial charge in [0, 0.05) is 74.4 Å². The summed E-state index contributed by atoms with van der Waals surface area (Å²) in [5, 5.41) is 21.0. The Morgan fingerprint density at radius 2 is 1.73 bits per heavy atom. The molecule has 1 aromatic carbocycles. The highest BCUT2D eigenvalue weighted by Gasteiger charge is 2.29. The van der Waals surface area contributed by atoms with Crippen molar-refractivity contribution in [3.05, 3.63) is 41.5 Å². The van der Waals surface area contributed by atoms with Gasteiger partial charge in [0.25, 0.3) is 11.8 Å². The summed E-state index contributed by atoms with van der Waals surface area (Å²) >= 11 is 0. The van der Waals surface area contributed by atoms with Gasteiger partial charge in [-0.1, -0.05) is 19.1 Å². The number of benzene rings is 1. The number of imide groups is 1. The number of amides is 3. The van der Waals surface area contributed by atoms with Crippen LogP contribution in [0.4, 0.5) is 11.5 Å². The minimum absolute atomic E-state index is 0.0518. The highest BCUT2D eigenvalue weighted by molar-refractivity contribution is 6.12. The summed E-state index contributed by atoms with van der Waals surface area (Å²) in [5.74, 6) is -0.158. The fourth-order valence-corrected chi connectivity index (χ4v) is 6.12. The molecule has 1 aromatic heterocycles. The normalized spacial score (nSPS) is 15.7. The van der Waals surface area contributed by atoms with E-state index in [9.17, 15) is 24.6 Å². The van der Waals surface area contributed by atoms with Gasteiger partial charge in [-0.15, -0.1) is 0 Å². The number of nitrogens with two attached hydrogens (primary N) is 1. The molecule has 3 heterocycles. The van der Waals surface area contributed by atoms with Gasteiger partial charge in [-0.3, -0.25) is 24.2 Å². The average Bonchev–Trinajstić information content (AvgIpc) is 3.41. The number of nitrogen functional groups attached to an aromatic ring is 1. The second-order valence-corrected chi connectivity index (χ2v) is 12.9. The number of carbonyl (C=O) groups is 3. The number of aryl methyl sites for hydroxylation is 1. The van der Waals surface area contributed by atoms with Gasteiger partial charge < -0.3 is 35.2 Å². The van der Waals surface area contributed by atoms with E-state index in [1.165, 1.54) is 17.7 Å². The zero-order valence-electron chi connectivity index (χ0n) is 28.7. The molecule has 4 N–H and O–H groups in total. The lowest BCUT2D eigenvalue weighted by molar-refractivity contribution is -0.139. The number of aliphatic hydroxyl groups excluding tert-OH is 2. The van der Waals surface area contributed by atoms with E-state index >= 15 is 0 Å².